The van der Waals surface area contributed by atoms with Gasteiger partial charge in [-0.05, 0) is 44.0 Å². The van der Waals surface area contributed by atoms with Crippen molar-refractivity contribution in [3.63, 3.8) is 0 Å². The van der Waals surface area contributed by atoms with Crippen molar-refractivity contribution in [2.75, 3.05) is 13.2 Å². The first kappa shape index (κ1) is 21.6. The Bertz CT molecular complexity index is 836. The van der Waals surface area contributed by atoms with E-state index in [9.17, 15) is 9.59 Å². The Morgan fingerprint density at radius 2 is 1.97 bits per heavy atom. The van der Waals surface area contributed by atoms with E-state index >= 15 is 0 Å². The van der Waals surface area contributed by atoms with Gasteiger partial charge in [0.1, 0.15) is 6.61 Å². The monoisotopic (exact) mass is 411 g/mol. The van der Waals surface area contributed by atoms with Gasteiger partial charge in [-0.3, -0.25) is 14.6 Å². The normalized spacial score (nSPS) is 13.6. The Morgan fingerprint density at radius 1 is 1.13 bits per heavy atom. The number of hydrogen-bond donors (Lipinski definition) is 2. The Morgan fingerprint density at radius 3 is 2.70 bits per heavy atom. The quantitative estimate of drug-likeness (QED) is 0.627. The molecule has 1 fully saturated rings. The van der Waals surface area contributed by atoms with Crippen LogP contribution in [0.3, 0.4) is 0 Å². The first-order valence-electron chi connectivity index (χ1n) is 10.5. The van der Waals surface area contributed by atoms with Gasteiger partial charge < -0.3 is 20.1 Å². The van der Waals surface area contributed by atoms with Crippen LogP contribution >= 0.6 is 0 Å². The van der Waals surface area contributed by atoms with Gasteiger partial charge in [-0.25, -0.2) is 0 Å². The molecule has 1 heterocycles. The summed E-state index contributed by atoms with van der Waals surface area (Å²) in [5.74, 6) is 0.806. The topological polar surface area (TPSA) is 89.5 Å². The highest BCUT2D eigenvalue weighted by Gasteiger charge is 2.17. The molecule has 0 atom stereocenters. The highest BCUT2D eigenvalue weighted by atomic mass is 16.5. The standard InChI is InChI=1S/C23H29N3O4/c1-2-29-21-14-18(9-10-20(21)30-16-17-6-5-12-24-15-17)23(28)25-13-11-22(27)26-19-7-3-4-8-19/h5-6,9-10,12,14-15,19H,2-4,7-8,11,13,16H2,1H3,(H,25,28)(H,26,27). The molecule has 160 valence electrons. The Balaban J connectivity index is 1.52. The third-order valence-corrected chi connectivity index (χ3v) is 4.98. The molecular formula is C23H29N3O4. The zero-order valence-corrected chi connectivity index (χ0v) is 17.4. The second-order valence-electron chi connectivity index (χ2n) is 7.30. The molecule has 2 N–H and O–H groups in total. The number of nitrogens with zero attached hydrogens (tertiary/aromatic N) is 1. The minimum atomic E-state index is -0.247. The predicted octanol–water partition coefficient (Wildman–Crippen LogP) is 3.24. The Hall–Kier alpha value is -3.09. The van der Waals surface area contributed by atoms with Crippen LogP contribution in [0.5, 0.6) is 11.5 Å². The number of ether oxygens (including phenoxy) is 2. The van der Waals surface area contributed by atoms with Crippen molar-refractivity contribution in [2.24, 2.45) is 0 Å². The molecule has 0 bridgehead atoms. The van der Waals surface area contributed by atoms with Crippen LogP contribution in [0.25, 0.3) is 0 Å². The van der Waals surface area contributed by atoms with E-state index in [0.717, 1.165) is 18.4 Å². The molecule has 0 spiro atoms. The lowest BCUT2D eigenvalue weighted by Crippen LogP contribution is -2.35. The number of benzene rings is 1. The van der Waals surface area contributed by atoms with Crippen LogP contribution in [0, 0.1) is 0 Å². The lowest BCUT2D eigenvalue weighted by molar-refractivity contribution is -0.121. The zero-order chi connectivity index (χ0) is 21.2. The van der Waals surface area contributed by atoms with Crippen molar-refractivity contribution in [2.45, 2.75) is 51.7 Å². The molecule has 2 amide bonds. The number of hydrogen-bond acceptors (Lipinski definition) is 5. The van der Waals surface area contributed by atoms with Crippen LogP contribution in [-0.2, 0) is 11.4 Å². The SMILES string of the molecule is CCOc1cc(C(=O)NCCC(=O)NC2CCCC2)ccc1OCc1cccnc1. The molecule has 1 aliphatic carbocycles. The average molecular weight is 412 g/mol. The van der Waals surface area contributed by atoms with Gasteiger partial charge in [-0.1, -0.05) is 18.9 Å². The Kier molecular flexibility index (Phi) is 8.06. The summed E-state index contributed by atoms with van der Waals surface area (Å²) in [7, 11) is 0. The molecular weight excluding hydrogens is 382 g/mol. The van der Waals surface area contributed by atoms with Crippen molar-refractivity contribution < 1.29 is 19.1 Å². The minimum Gasteiger partial charge on any atom is -0.490 e. The van der Waals surface area contributed by atoms with Gasteiger partial charge in [-0.2, -0.15) is 0 Å². The summed E-state index contributed by atoms with van der Waals surface area (Å²) in [6.07, 6.45) is 8.16. The maximum Gasteiger partial charge on any atom is 0.251 e. The van der Waals surface area contributed by atoms with Gasteiger partial charge in [0, 0.05) is 42.5 Å². The van der Waals surface area contributed by atoms with Gasteiger partial charge in [0.15, 0.2) is 11.5 Å². The fourth-order valence-corrected chi connectivity index (χ4v) is 3.44. The maximum atomic E-state index is 12.5. The molecule has 1 aromatic heterocycles. The fraction of sp³-hybridized carbons (Fsp3) is 0.435. The summed E-state index contributed by atoms with van der Waals surface area (Å²) in [6, 6.07) is 9.15. The van der Waals surface area contributed by atoms with E-state index < -0.39 is 0 Å². The van der Waals surface area contributed by atoms with Crippen molar-refractivity contribution >= 4 is 11.8 Å². The fourth-order valence-electron chi connectivity index (χ4n) is 3.44. The van der Waals surface area contributed by atoms with E-state index in [4.69, 9.17) is 9.47 Å². The van der Waals surface area contributed by atoms with E-state index in [1.807, 2.05) is 19.1 Å². The first-order chi connectivity index (χ1) is 14.7. The average Bonchev–Trinajstić information content (AvgIpc) is 3.26. The number of nitrogens with one attached hydrogen (secondary N) is 2. The van der Waals surface area contributed by atoms with Crippen LogP contribution in [0.4, 0.5) is 0 Å². The van der Waals surface area contributed by atoms with E-state index in [0.29, 0.717) is 42.9 Å². The Labute approximate surface area is 177 Å². The summed E-state index contributed by atoms with van der Waals surface area (Å²) in [5.41, 5.74) is 1.40. The highest BCUT2D eigenvalue weighted by molar-refractivity contribution is 5.95. The number of carbonyl (C=O) groups is 2. The van der Waals surface area contributed by atoms with Gasteiger partial charge >= 0.3 is 0 Å². The van der Waals surface area contributed by atoms with Crippen LogP contribution in [0.15, 0.2) is 42.7 Å². The van der Waals surface area contributed by atoms with Crippen LogP contribution < -0.4 is 20.1 Å². The van der Waals surface area contributed by atoms with Gasteiger partial charge in [0.25, 0.3) is 5.91 Å². The smallest absolute Gasteiger partial charge is 0.251 e. The number of amides is 2. The molecule has 0 saturated heterocycles. The van der Waals surface area contributed by atoms with E-state index in [-0.39, 0.29) is 18.2 Å². The van der Waals surface area contributed by atoms with E-state index in [1.54, 1.807) is 30.6 Å². The van der Waals surface area contributed by atoms with E-state index in [1.165, 1.54) is 12.8 Å². The van der Waals surface area contributed by atoms with Crippen LogP contribution in [0.2, 0.25) is 0 Å². The third-order valence-electron chi connectivity index (χ3n) is 4.98. The highest BCUT2D eigenvalue weighted by Crippen LogP contribution is 2.29. The number of rotatable bonds is 10. The van der Waals surface area contributed by atoms with Gasteiger partial charge in [0.2, 0.25) is 5.91 Å². The molecule has 2 aromatic rings. The number of pyridine rings is 1. The molecule has 0 unspecified atom stereocenters. The first-order valence-corrected chi connectivity index (χ1v) is 10.5. The van der Waals surface area contributed by atoms with Crippen molar-refractivity contribution in [3.8, 4) is 11.5 Å². The number of carbonyl (C=O) groups excluding carboxylic acids is 2. The molecule has 0 radical (unpaired) electrons. The van der Waals surface area contributed by atoms with Crippen LogP contribution in [0.1, 0.15) is 54.9 Å². The third kappa shape index (κ3) is 6.47. The summed E-state index contributed by atoms with van der Waals surface area (Å²) in [6.45, 7) is 2.98. The molecule has 1 saturated carbocycles. The summed E-state index contributed by atoms with van der Waals surface area (Å²) in [4.78, 5) is 28.5. The number of aromatic nitrogens is 1. The minimum absolute atomic E-state index is 0.0173. The molecule has 3 rings (SSSR count). The van der Waals surface area contributed by atoms with E-state index in [2.05, 4.69) is 15.6 Å². The molecule has 7 nitrogen and oxygen atoms in total. The molecule has 1 aromatic carbocycles. The summed E-state index contributed by atoms with van der Waals surface area (Å²) < 4.78 is 11.5. The molecule has 1 aliphatic rings. The molecule has 7 heteroatoms. The van der Waals surface area contributed by atoms with Gasteiger partial charge in [-0.15, -0.1) is 0 Å². The van der Waals surface area contributed by atoms with Crippen molar-refractivity contribution in [3.05, 3.63) is 53.9 Å². The largest absolute Gasteiger partial charge is 0.490 e. The van der Waals surface area contributed by atoms with Crippen molar-refractivity contribution in [1.82, 2.24) is 15.6 Å². The summed E-state index contributed by atoms with van der Waals surface area (Å²) in [5, 5.41) is 5.82. The zero-order valence-electron chi connectivity index (χ0n) is 17.4. The maximum absolute atomic E-state index is 12.5. The lowest BCUT2D eigenvalue weighted by atomic mass is 10.2. The molecule has 0 aliphatic heterocycles. The molecule has 30 heavy (non-hydrogen) atoms. The summed E-state index contributed by atoms with van der Waals surface area (Å²) >= 11 is 0. The van der Waals surface area contributed by atoms with Crippen LogP contribution in [-0.4, -0.2) is 36.0 Å². The second-order valence-corrected chi connectivity index (χ2v) is 7.30. The lowest BCUT2D eigenvalue weighted by Gasteiger charge is -2.14. The second kappa shape index (κ2) is 11.2. The predicted molar refractivity (Wildman–Crippen MR) is 114 cm³/mol. The van der Waals surface area contributed by atoms with Crippen molar-refractivity contribution in [1.29, 1.82) is 0 Å². The van der Waals surface area contributed by atoms with Gasteiger partial charge in [0.05, 0.1) is 6.61 Å².